The molecule has 0 aliphatic heterocycles. The lowest BCUT2D eigenvalue weighted by Crippen LogP contribution is -2.46. The van der Waals surface area contributed by atoms with Gasteiger partial charge in [0.1, 0.15) is 21.9 Å². The number of nitrogens with zero attached hydrogens (tertiary/aromatic N) is 4. The summed E-state index contributed by atoms with van der Waals surface area (Å²) in [6.07, 6.45) is 6.98. The first-order chi connectivity index (χ1) is 17.4. The van der Waals surface area contributed by atoms with Gasteiger partial charge in [-0.2, -0.15) is 4.98 Å². The fourth-order valence-electron chi connectivity index (χ4n) is 5.23. The smallest absolute Gasteiger partial charge is 0.224 e. The summed E-state index contributed by atoms with van der Waals surface area (Å²) < 4.78 is 11.8. The second-order valence-corrected chi connectivity index (χ2v) is 11.3. The van der Waals surface area contributed by atoms with Crippen molar-refractivity contribution in [2.75, 3.05) is 44.6 Å². The minimum Gasteiger partial charge on any atom is -0.385 e. The summed E-state index contributed by atoms with van der Waals surface area (Å²) in [5.74, 6) is 2.23. The van der Waals surface area contributed by atoms with Gasteiger partial charge in [-0.15, -0.1) is 11.3 Å². The molecule has 0 amide bonds. The fraction of sp³-hybridized carbons (Fsp3) is 0.615. The number of ether oxygens (including phenoxy) is 2. The van der Waals surface area contributed by atoms with Gasteiger partial charge in [-0.1, -0.05) is 0 Å². The van der Waals surface area contributed by atoms with Crippen molar-refractivity contribution in [1.82, 2.24) is 19.9 Å². The molecule has 0 aromatic carbocycles. The van der Waals surface area contributed by atoms with E-state index in [9.17, 15) is 5.11 Å². The van der Waals surface area contributed by atoms with Crippen LogP contribution < -0.4 is 10.6 Å². The predicted octanol–water partition coefficient (Wildman–Crippen LogP) is 4.19. The van der Waals surface area contributed by atoms with Crippen molar-refractivity contribution >= 4 is 33.3 Å². The molecule has 3 heterocycles. The molecule has 5 rings (SSSR count). The van der Waals surface area contributed by atoms with Gasteiger partial charge in [-0.05, 0) is 63.9 Å². The van der Waals surface area contributed by atoms with Gasteiger partial charge < -0.3 is 25.2 Å². The molecule has 3 N–H and O–H groups in total. The normalized spacial score (nSPS) is 20.2. The lowest BCUT2D eigenvalue weighted by Gasteiger charge is -2.33. The molecule has 2 unspecified atom stereocenters. The zero-order valence-corrected chi connectivity index (χ0v) is 22.3. The Morgan fingerprint density at radius 3 is 2.53 bits per heavy atom. The van der Waals surface area contributed by atoms with E-state index in [0.717, 1.165) is 69.7 Å². The second-order valence-electron chi connectivity index (χ2n) is 10.3. The number of aryl methyl sites for hydroxylation is 2. The van der Waals surface area contributed by atoms with Crippen LogP contribution in [-0.4, -0.2) is 70.7 Å². The molecular formula is C26H36N6O3S. The average Bonchev–Trinajstić information content (AvgIpc) is 3.36. The Kier molecular flexibility index (Phi) is 7.39. The van der Waals surface area contributed by atoms with Crippen LogP contribution in [0.5, 0.6) is 0 Å². The second kappa shape index (κ2) is 10.5. The minimum absolute atomic E-state index is 0.0740. The largest absolute Gasteiger partial charge is 0.385 e. The van der Waals surface area contributed by atoms with Gasteiger partial charge in [0.2, 0.25) is 5.95 Å². The van der Waals surface area contributed by atoms with E-state index < -0.39 is 5.60 Å². The lowest BCUT2D eigenvalue weighted by molar-refractivity contribution is -0.112. The monoisotopic (exact) mass is 512 g/mol. The van der Waals surface area contributed by atoms with Crippen LogP contribution in [0.1, 0.15) is 43.5 Å². The van der Waals surface area contributed by atoms with E-state index in [4.69, 9.17) is 24.4 Å². The Morgan fingerprint density at radius 1 is 1.06 bits per heavy atom. The number of aliphatic hydroxyl groups is 1. The SMILES string of the molecule is COCC(O)(COC)C1CCC(Nc2nc(NCC3CC3)nc(C)c2-c2nc3c(C)nccc3s2)C1. The molecule has 194 valence electrons. The fourth-order valence-corrected chi connectivity index (χ4v) is 6.34. The summed E-state index contributed by atoms with van der Waals surface area (Å²) in [5, 5.41) is 19.2. The van der Waals surface area contributed by atoms with Crippen LogP contribution in [-0.2, 0) is 9.47 Å². The van der Waals surface area contributed by atoms with Crippen LogP contribution in [0.4, 0.5) is 11.8 Å². The molecule has 2 saturated carbocycles. The van der Waals surface area contributed by atoms with Crippen molar-refractivity contribution in [3.63, 3.8) is 0 Å². The molecular weight excluding hydrogens is 476 g/mol. The molecule has 9 nitrogen and oxygen atoms in total. The maximum atomic E-state index is 11.2. The van der Waals surface area contributed by atoms with Crippen molar-refractivity contribution in [2.24, 2.45) is 11.8 Å². The van der Waals surface area contributed by atoms with E-state index in [0.29, 0.717) is 5.95 Å². The number of thiazole rings is 1. The summed E-state index contributed by atoms with van der Waals surface area (Å²) in [5.41, 5.74) is 2.66. The van der Waals surface area contributed by atoms with Gasteiger partial charge in [-0.25, -0.2) is 9.97 Å². The van der Waals surface area contributed by atoms with Crippen LogP contribution in [0.3, 0.4) is 0 Å². The van der Waals surface area contributed by atoms with Crippen LogP contribution in [0.2, 0.25) is 0 Å². The van der Waals surface area contributed by atoms with E-state index in [2.05, 4.69) is 15.6 Å². The number of aromatic nitrogens is 4. The Labute approximate surface area is 216 Å². The molecule has 0 saturated heterocycles. The van der Waals surface area contributed by atoms with Gasteiger partial charge in [0.15, 0.2) is 0 Å². The molecule has 0 bridgehead atoms. The molecule has 36 heavy (non-hydrogen) atoms. The molecule has 0 radical (unpaired) electrons. The molecule has 2 fully saturated rings. The van der Waals surface area contributed by atoms with E-state index in [1.54, 1.807) is 25.6 Å². The summed E-state index contributed by atoms with van der Waals surface area (Å²) in [6, 6.07) is 2.17. The quantitative estimate of drug-likeness (QED) is 0.348. The highest BCUT2D eigenvalue weighted by Crippen LogP contribution is 2.40. The number of fused-ring (bicyclic) bond motifs is 1. The van der Waals surface area contributed by atoms with E-state index >= 15 is 0 Å². The molecule has 2 atom stereocenters. The number of methoxy groups -OCH3 is 2. The summed E-state index contributed by atoms with van der Waals surface area (Å²) >= 11 is 1.64. The first kappa shape index (κ1) is 25.3. The molecule has 0 spiro atoms. The third-order valence-corrected chi connectivity index (χ3v) is 8.40. The zero-order valence-electron chi connectivity index (χ0n) is 21.5. The maximum Gasteiger partial charge on any atom is 0.224 e. The molecule has 2 aliphatic rings. The average molecular weight is 513 g/mol. The highest BCUT2D eigenvalue weighted by molar-refractivity contribution is 7.21. The zero-order chi connectivity index (χ0) is 25.3. The Hall–Kier alpha value is -2.40. The topological polar surface area (TPSA) is 114 Å². The number of hydrogen-bond donors (Lipinski definition) is 3. The molecule has 10 heteroatoms. The van der Waals surface area contributed by atoms with Gasteiger partial charge in [0.05, 0.1) is 34.9 Å². The number of rotatable bonds is 11. The highest BCUT2D eigenvalue weighted by Gasteiger charge is 2.42. The van der Waals surface area contributed by atoms with Gasteiger partial charge in [0, 0.05) is 33.0 Å². The van der Waals surface area contributed by atoms with Crippen LogP contribution in [0, 0.1) is 25.7 Å². The van der Waals surface area contributed by atoms with Gasteiger partial charge in [0.25, 0.3) is 0 Å². The summed E-state index contributed by atoms with van der Waals surface area (Å²) in [7, 11) is 3.24. The van der Waals surface area contributed by atoms with Crippen molar-refractivity contribution < 1.29 is 14.6 Å². The van der Waals surface area contributed by atoms with E-state index in [1.165, 1.54) is 12.8 Å². The number of nitrogens with one attached hydrogen (secondary N) is 2. The van der Waals surface area contributed by atoms with Crippen molar-refractivity contribution in [3.05, 3.63) is 23.7 Å². The van der Waals surface area contributed by atoms with Crippen LogP contribution in [0.25, 0.3) is 20.8 Å². The maximum absolute atomic E-state index is 11.2. The summed E-state index contributed by atoms with van der Waals surface area (Å²) in [6.45, 7) is 5.42. The van der Waals surface area contributed by atoms with Crippen molar-refractivity contribution in [3.8, 4) is 10.6 Å². The third kappa shape index (κ3) is 5.32. The number of pyridine rings is 1. The first-order valence-electron chi connectivity index (χ1n) is 12.7. The van der Waals surface area contributed by atoms with Crippen molar-refractivity contribution in [1.29, 1.82) is 0 Å². The minimum atomic E-state index is -1.00. The van der Waals surface area contributed by atoms with E-state index in [1.807, 2.05) is 26.1 Å². The number of anilines is 2. The predicted molar refractivity (Wildman–Crippen MR) is 143 cm³/mol. The molecule has 3 aromatic rings. The van der Waals surface area contributed by atoms with Crippen LogP contribution >= 0.6 is 11.3 Å². The number of hydrogen-bond acceptors (Lipinski definition) is 10. The molecule has 3 aromatic heterocycles. The van der Waals surface area contributed by atoms with E-state index in [-0.39, 0.29) is 25.2 Å². The van der Waals surface area contributed by atoms with Gasteiger partial charge in [-0.3, -0.25) is 4.98 Å². The molecule has 2 aliphatic carbocycles. The summed E-state index contributed by atoms with van der Waals surface area (Å²) in [4.78, 5) is 19.1. The lowest BCUT2D eigenvalue weighted by atomic mass is 9.87. The van der Waals surface area contributed by atoms with Gasteiger partial charge >= 0.3 is 0 Å². The van der Waals surface area contributed by atoms with Crippen molar-refractivity contribution in [2.45, 2.75) is 57.6 Å². The Morgan fingerprint density at radius 2 is 1.83 bits per heavy atom. The first-order valence-corrected chi connectivity index (χ1v) is 13.5. The Balaban J connectivity index is 1.45. The Bertz CT molecular complexity index is 1210. The van der Waals surface area contributed by atoms with Crippen LogP contribution in [0.15, 0.2) is 12.3 Å². The third-order valence-electron chi connectivity index (χ3n) is 7.36. The standard InChI is InChI=1S/C26H36N6O3S/c1-15-21(24-31-22-16(2)27-10-9-20(22)36-24)23(32-25(29-15)28-12-17-5-6-17)30-19-8-7-18(11-19)26(33,13-34-3)14-35-4/h9-10,17-19,33H,5-8,11-14H2,1-4H3,(H2,28,29,30,32). The highest BCUT2D eigenvalue weighted by atomic mass is 32.1.